The molecule has 3 nitrogen and oxygen atoms in total. The smallest absolute Gasteiger partial charge is 0.187 e. The molecule has 2 aliphatic rings. The predicted octanol–water partition coefficient (Wildman–Crippen LogP) is 1.81. The van der Waals surface area contributed by atoms with E-state index in [2.05, 4.69) is 41.8 Å². The van der Waals surface area contributed by atoms with Gasteiger partial charge in [-0.25, -0.2) is 0 Å². The molecule has 1 saturated carbocycles. The minimum absolute atomic E-state index is 0.354. The summed E-state index contributed by atoms with van der Waals surface area (Å²) in [7, 11) is 0. The minimum atomic E-state index is 0.354. The van der Waals surface area contributed by atoms with Crippen LogP contribution in [-0.4, -0.2) is 16.9 Å². The van der Waals surface area contributed by atoms with E-state index in [4.69, 9.17) is 12.2 Å². The lowest BCUT2D eigenvalue weighted by Gasteiger charge is -2.32. The molecule has 2 N–H and O–H groups in total. The summed E-state index contributed by atoms with van der Waals surface area (Å²) in [6.07, 6.45) is 6.80. The van der Waals surface area contributed by atoms with E-state index in [0.29, 0.717) is 17.1 Å². The van der Waals surface area contributed by atoms with Gasteiger partial charge in [-0.05, 0) is 44.8 Å². The van der Waals surface area contributed by atoms with Gasteiger partial charge in [-0.3, -0.25) is 5.43 Å². The van der Waals surface area contributed by atoms with Crippen molar-refractivity contribution in [1.82, 2.24) is 10.7 Å². The summed E-state index contributed by atoms with van der Waals surface area (Å²) in [6.45, 7) is 4.11. The Morgan fingerprint density at radius 3 is 3.07 bits per heavy atom. The second-order valence-corrected chi connectivity index (χ2v) is 4.89. The molecule has 2 aliphatic carbocycles. The number of hydrazone groups is 1. The fraction of sp³-hybridized carbons (Fsp3) is 0.636. The molecule has 4 heteroatoms. The first-order chi connectivity index (χ1) is 7.16. The van der Waals surface area contributed by atoms with Crippen molar-refractivity contribution < 1.29 is 0 Å². The normalized spacial score (nSPS) is 30.2. The molecule has 0 radical (unpaired) electrons. The number of thiocarbonyl (C=S) groups is 1. The van der Waals surface area contributed by atoms with Gasteiger partial charge in [0.05, 0.1) is 0 Å². The van der Waals surface area contributed by atoms with Crippen LogP contribution in [0.4, 0.5) is 0 Å². The lowest BCUT2D eigenvalue weighted by molar-refractivity contribution is 0.463. The van der Waals surface area contributed by atoms with Gasteiger partial charge in [0, 0.05) is 17.7 Å². The molecule has 0 saturated heterocycles. The Kier molecular flexibility index (Phi) is 3.05. The summed E-state index contributed by atoms with van der Waals surface area (Å²) in [5.74, 6) is 1.40. The van der Waals surface area contributed by atoms with E-state index in [9.17, 15) is 0 Å². The largest absolute Gasteiger partial charge is 0.359 e. The Hall–Kier alpha value is -0.900. The highest BCUT2D eigenvalue weighted by Crippen LogP contribution is 2.39. The molecule has 82 valence electrons. The van der Waals surface area contributed by atoms with Gasteiger partial charge in [-0.15, -0.1) is 0 Å². The van der Waals surface area contributed by atoms with Crippen LogP contribution in [0.25, 0.3) is 0 Å². The summed E-state index contributed by atoms with van der Waals surface area (Å²) < 4.78 is 0. The topological polar surface area (TPSA) is 36.4 Å². The van der Waals surface area contributed by atoms with Gasteiger partial charge in [-0.2, -0.15) is 5.10 Å². The molecule has 15 heavy (non-hydrogen) atoms. The van der Waals surface area contributed by atoms with E-state index in [-0.39, 0.29) is 0 Å². The number of fused-ring (bicyclic) bond motifs is 1. The van der Waals surface area contributed by atoms with Crippen LogP contribution in [-0.2, 0) is 0 Å². The number of nitrogens with one attached hydrogen (secondary N) is 2. The molecule has 2 atom stereocenters. The molecule has 0 bridgehead atoms. The van der Waals surface area contributed by atoms with Gasteiger partial charge < -0.3 is 5.32 Å². The van der Waals surface area contributed by atoms with Crippen molar-refractivity contribution in [1.29, 1.82) is 0 Å². The van der Waals surface area contributed by atoms with Crippen LogP contribution in [0.1, 0.15) is 26.7 Å². The third-order valence-electron chi connectivity index (χ3n) is 2.88. The SMILES string of the molecule is CC(C)NC(=S)N/N=C1/C[C@H]2C=CC[C@H]12. The summed E-state index contributed by atoms with van der Waals surface area (Å²) in [6, 6.07) is 0.354. The van der Waals surface area contributed by atoms with Crippen molar-refractivity contribution in [2.45, 2.75) is 32.7 Å². The summed E-state index contributed by atoms with van der Waals surface area (Å²) in [5, 5.41) is 8.07. The Morgan fingerprint density at radius 1 is 1.60 bits per heavy atom. The second-order valence-electron chi connectivity index (χ2n) is 4.48. The molecule has 0 amide bonds. The highest BCUT2D eigenvalue weighted by molar-refractivity contribution is 7.80. The summed E-state index contributed by atoms with van der Waals surface area (Å²) >= 11 is 5.10. The zero-order chi connectivity index (χ0) is 10.8. The summed E-state index contributed by atoms with van der Waals surface area (Å²) in [4.78, 5) is 0. The molecular weight excluding hydrogens is 206 g/mol. The Labute approximate surface area is 96.0 Å². The number of rotatable bonds is 2. The minimum Gasteiger partial charge on any atom is -0.359 e. The molecule has 0 heterocycles. The molecule has 0 aliphatic heterocycles. The van der Waals surface area contributed by atoms with E-state index in [0.717, 1.165) is 18.8 Å². The average Bonchev–Trinajstić information content (AvgIpc) is 2.46. The molecule has 0 aromatic heterocycles. The van der Waals surface area contributed by atoms with Gasteiger partial charge in [0.25, 0.3) is 0 Å². The van der Waals surface area contributed by atoms with Crippen LogP contribution < -0.4 is 10.7 Å². The third-order valence-corrected chi connectivity index (χ3v) is 3.09. The van der Waals surface area contributed by atoms with Crippen LogP contribution in [0.2, 0.25) is 0 Å². The van der Waals surface area contributed by atoms with Crippen molar-refractivity contribution in [3.63, 3.8) is 0 Å². The van der Waals surface area contributed by atoms with Crippen molar-refractivity contribution in [3.8, 4) is 0 Å². The van der Waals surface area contributed by atoms with E-state index < -0.39 is 0 Å². The monoisotopic (exact) mass is 223 g/mol. The molecular formula is C11H17N3S. The standard InChI is InChI=1S/C11H17N3S/c1-7(2)12-11(15)14-13-10-6-8-4-3-5-9(8)10/h3-4,7-9H,5-6H2,1-2H3,(H2,12,14,15)/b13-10-/t8-,9+/m1/s1. The molecule has 0 unspecified atom stereocenters. The van der Waals surface area contributed by atoms with Gasteiger partial charge in [0.2, 0.25) is 0 Å². The van der Waals surface area contributed by atoms with E-state index in [1.165, 1.54) is 5.71 Å². The van der Waals surface area contributed by atoms with Gasteiger partial charge in [0.1, 0.15) is 0 Å². The zero-order valence-corrected chi connectivity index (χ0v) is 9.97. The van der Waals surface area contributed by atoms with Gasteiger partial charge in [0.15, 0.2) is 5.11 Å². The van der Waals surface area contributed by atoms with Crippen LogP contribution in [0.5, 0.6) is 0 Å². The Balaban J connectivity index is 1.78. The first-order valence-corrected chi connectivity index (χ1v) is 5.87. The van der Waals surface area contributed by atoms with Crippen molar-refractivity contribution in [2.24, 2.45) is 16.9 Å². The maximum Gasteiger partial charge on any atom is 0.187 e. The fourth-order valence-corrected chi connectivity index (χ4v) is 2.36. The second kappa shape index (κ2) is 4.31. The molecule has 2 rings (SSSR count). The third kappa shape index (κ3) is 2.37. The lowest BCUT2D eigenvalue weighted by Crippen LogP contribution is -2.40. The van der Waals surface area contributed by atoms with Gasteiger partial charge in [-0.1, -0.05) is 12.2 Å². The molecule has 1 fully saturated rings. The number of nitrogens with zero attached hydrogens (tertiary/aromatic N) is 1. The van der Waals surface area contributed by atoms with E-state index >= 15 is 0 Å². The van der Waals surface area contributed by atoms with Crippen molar-refractivity contribution in [3.05, 3.63) is 12.2 Å². The molecule has 0 spiro atoms. The molecule has 0 aromatic rings. The zero-order valence-electron chi connectivity index (χ0n) is 9.16. The van der Waals surface area contributed by atoms with Crippen molar-refractivity contribution in [2.75, 3.05) is 0 Å². The highest BCUT2D eigenvalue weighted by atomic mass is 32.1. The Bertz CT molecular complexity index is 320. The maximum atomic E-state index is 5.10. The van der Waals surface area contributed by atoms with Crippen LogP contribution in [0, 0.1) is 11.8 Å². The molecule has 0 aromatic carbocycles. The highest BCUT2D eigenvalue weighted by Gasteiger charge is 2.37. The maximum absolute atomic E-state index is 5.10. The van der Waals surface area contributed by atoms with E-state index in [1.54, 1.807) is 0 Å². The summed E-state index contributed by atoms with van der Waals surface area (Å²) in [5.41, 5.74) is 4.17. The first kappa shape index (κ1) is 10.6. The first-order valence-electron chi connectivity index (χ1n) is 5.46. The van der Waals surface area contributed by atoms with Crippen LogP contribution in [0.15, 0.2) is 17.3 Å². The van der Waals surface area contributed by atoms with Gasteiger partial charge >= 0.3 is 0 Å². The number of allylic oxidation sites excluding steroid dienone is 2. The van der Waals surface area contributed by atoms with Crippen LogP contribution >= 0.6 is 12.2 Å². The van der Waals surface area contributed by atoms with E-state index in [1.807, 2.05) is 0 Å². The number of hydrogen-bond donors (Lipinski definition) is 2. The fourth-order valence-electron chi connectivity index (χ4n) is 2.08. The predicted molar refractivity (Wildman–Crippen MR) is 66.8 cm³/mol. The number of hydrogen-bond acceptors (Lipinski definition) is 2. The lowest BCUT2D eigenvalue weighted by atomic mass is 9.74. The van der Waals surface area contributed by atoms with Crippen LogP contribution in [0.3, 0.4) is 0 Å². The quantitative estimate of drug-likeness (QED) is 0.426. The average molecular weight is 223 g/mol. The Morgan fingerprint density at radius 2 is 2.40 bits per heavy atom. The van der Waals surface area contributed by atoms with Crippen molar-refractivity contribution >= 4 is 23.0 Å².